The van der Waals surface area contributed by atoms with Gasteiger partial charge in [-0.2, -0.15) is 0 Å². The minimum Gasteiger partial charge on any atom is -0.492 e. The highest BCUT2D eigenvalue weighted by atomic mass is 79.9. The molecule has 0 aliphatic heterocycles. The third kappa shape index (κ3) is 4.42. The van der Waals surface area contributed by atoms with E-state index in [1.54, 1.807) is 16.7 Å². The number of nitrogens with zero attached hydrogens (tertiary/aromatic N) is 2. The van der Waals surface area contributed by atoms with Crippen LogP contribution in [0.4, 0.5) is 0 Å². The van der Waals surface area contributed by atoms with Crippen LogP contribution in [0, 0.1) is 6.92 Å². The van der Waals surface area contributed by atoms with Crippen LogP contribution >= 0.6 is 27.5 Å². The molecule has 1 heterocycles. The minimum absolute atomic E-state index is 0.0536. The molecule has 6 heteroatoms. The number of fused-ring (bicyclic) bond motifs is 1. The zero-order valence-corrected chi connectivity index (χ0v) is 18.8. The fourth-order valence-electron chi connectivity index (χ4n) is 3.32. The Hall–Kier alpha value is -2.63. The molecule has 3 aromatic carbocycles. The van der Waals surface area contributed by atoms with Gasteiger partial charge in [0.05, 0.1) is 22.0 Å². The number of benzene rings is 3. The SMILES string of the molecule is Cc1ccc(OCCCn2c(-c3ccc(Cl)cc3)nc3ccccc3c2=O)c(Br)c1. The van der Waals surface area contributed by atoms with E-state index >= 15 is 0 Å². The first-order valence-corrected chi connectivity index (χ1v) is 10.8. The number of rotatable bonds is 6. The van der Waals surface area contributed by atoms with Crippen molar-refractivity contribution >= 4 is 38.4 Å². The summed E-state index contributed by atoms with van der Waals surface area (Å²) in [6.45, 7) is 3.02. The van der Waals surface area contributed by atoms with Crippen molar-refractivity contribution in [2.75, 3.05) is 6.61 Å². The van der Waals surface area contributed by atoms with Gasteiger partial charge >= 0.3 is 0 Å². The topological polar surface area (TPSA) is 44.1 Å². The lowest BCUT2D eigenvalue weighted by Crippen LogP contribution is -2.24. The second-order valence-corrected chi connectivity index (χ2v) is 8.34. The van der Waals surface area contributed by atoms with Crippen LogP contribution in [-0.2, 0) is 6.54 Å². The number of aromatic nitrogens is 2. The Kier molecular flexibility index (Phi) is 6.21. The molecular weight excluding hydrogens is 464 g/mol. The summed E-state index contributed by atoms with van der Waals surface area (Å²) >= 11 is 9.57. The average molecular weight is 484 g/mol. The smallest absolute Gasteiger partial charge is 0.261 e. The highest BCUT2D eigenvalue weighted by Crippen LogP contribution is 2.26. The summed E-state index contributed by atoms with van der Waals surface area (Å²) in [5.74, 6) is 1.43. The third-order valence-electron chi connectivity index (χ3n) is 4.84. The largest absolute Gasteiger partial charge is 0.492 e. The van der Waals surface area contributed by atoms with Crippen LogP contribution in [-0.4, -0.2) is 16.2 Å². The Morgan fingerprint density at radius 3 is 2.60 bits per heavy atom. The van der Waals surface area contributed by atoms with Gasteiger partial charge in [0.15, 0.2) is 0 Å². The van der Waals surface area contributed by atoms with Crippen molar-refractivity contribution in [1.82, 2.24) is 9.55 Å². The number of aryl methyl sites for hydroxylation is 1. The van der Waals surface area contributed by atoms with Gasteiger partial charge < -0.3 is 4.74 Å². The molecule has 152 valence electrons. The summed E-state index contributed by atoms with van der Waals surface area (Å²) in [5, 5.41) is 1.25. The quantitative estimate of drug-likeness (QED) is 0.304. The van der Waals surface area contributed by atoms with Crippen LogP contribution < -0.4 is 10.3 Å². The predicted molar refractivity (Wildman–Crippen MR) is 125 cm³/mol. The molecule has 0 amide bonds. The molecule has 4 nitrogen and oxygen atoms in total. The molecule has 0 aliphatic carbocycles. The highest BCUT2D eigenvalue weighted by Gasteiger charge is 2.13. The number of para-hydroxylation sites is 1. The van der Waals surface area contributed by atoms with Gasteiger partial charge in [0.1, 0.15) is 11.6 Å². The van der Waals surface area contributed by atoms with Crippen LogP contribution in [0.15, 0.2) is 76.0 Å². The molecular formula is C24H20BrClN2O2. The normalized spacial score (nSPS) is 11.0. The summed E-state index contributed by atoms with van der Waals surface area (Å²) in [7, 11) is 0. The van der Waals surface area contributed by atoms with Crippen molar-refractivity contribution in [2.24, 2.45) is 0 Å². The van der Waals surface area contributed by atoms with E-state index in [1.165, 1.54) is 0 Å². The first-order valence-electron chi connectivity index (χ1n) is 9.67. The maximum atomic E-state index is 13.2. The zero-order valence-electron chi connectivity index (χ0n) is 16.4. The van der Waals surface area contributed by atoms with Crippen molar-refractivity contribution in [3.63, 3.8) is 0 Å². The molecule has 1 aromatic heterocycles. The summed E-state index contributed by atoms with van der Waals surface area (Å²) in [4.78, 5) is 18.0. The second kappa shape index (κ2) is 9.02. The molecule has 0 radical (unpaired) electrons. The van der Waals surface area contributed by atoms with E-state index in [2.05, 4.69) is 15.9 Å². The molecule has 0 fully saturated rings. The number of hydrogen-bond donors (Lipinski definition) is 0. The molecule has 4 rings (SSSR count). The van der Waals surface area contributed by atoms with Gasteiger partial charge in [0.25, 0.3) is 5.56 Å². The van der Waals surface area contributed by atoms with Crippen LogP contribution in [0.5, 0.6) is 5.75 Å². The molecule has 0 saturated heterocycles. The minimum atomic E-state index is -0.0536. The monoisotopic (exact) mass is 482 g/mol. The Bertz CT molecular complexity index is 1250. The number of ether oxygens (including phenoxy) is 1. The van der Waals surface area contributed by atoms with Crippen molar-refractivity contribution in [3.05, 3.63) is 92.1 Å². The van der Waals surface area contributed by atoms with E-state index < -0.39 is 0 Å². The lowest BCUT2D eigenvalue weighted by Gasteiger charge is -2.14. The fourth-order valence-corrected chi connectivity index (χ4v) is 4.06. The van der Waals surface area contributed by atoms with Crippen LogP contribution in [0.2, 0.25) is 5.02 Å². The molecule has 0 unspecified atom stereocenters. The average Bonchev–Trinajstić information content (AvgIpc) is 2.74. The summed E-state index contributed by atoms with van der Waals surface area (Å²) in [6, 6.07) is 20.8. The first-order chi connectivity index (χ1) is 14.5. The van der Waals surface area contributed by atoms with Gasteiger partial charge in [0.2, 0.25) is 0 Å². The molecule has 0 saturated carbocycles. The molecule has 0 bridgehead atoms. The van der Waals surface area contributed by atoms with E-state index in [1.807, 2.05) is 61.5 Å². The Balaban J connectivity index is 1.61. The first kappa shape index (κ1) is 20.6. The van der Waals surface area contributed by atoms with Crippen LogP contribution in [0.25, 0.3) is 22.3 Å². The Morgan fingerprint density at radius 2 is 1.83 bits per heavy atom. The second-order valence-electron chi connectivity index (χ2n) is 7.05. The maximum absolute atomic E-state index is 13.2. The van der Waals surface area contributed by atoms with Crippen molar-refractivity contribution < 1.29 is 4.74 Å². The van der Waals surface area contributed by atoms with Gasteiger partial charge in [-0.3, -0.25) is 9.36 Å². The predicted octanol–water partition coefficient (Wildman–Crippen LogP) is 6.26. The lowest BCUT2D eigenvalue weighted by atomic mass is 10.1. The van der Waals surface area contributed by atoms with Crippen molar-refractivity contribution in [2.45, 2.75) is 19.9 Å². The molecule has 4 aromatic rings. The molecule has 30 heavy (non-hydrogen) atoms. The van der Waals surface area contributed by atoms with E-state index in [9.17, 15) is 4.79 Å². The van der Waals surface area contributed by atoms with Gasteiger partial charge in [-0.1, -0.05) is 29.8 Å². The molecule has 0 N–H and O–H groups in total. The van der Waals surface area contributed by atoms with E-state index in [0.29, 0.717) is 41.3 Å². The number of halogens is 2. The summed E-state index contributed by atoms with van der Waals surface area (Å²) in [6.07, 6.45) is 0.667. The summed E-state index contributed by atoms with van der Waals surface area (Å²) < 4.78 is 8.55. The van der Waals surface area contributed by atoms with Crippen LogP contribution in [0.3, 0.4) is 0 Å². The zero-order chi connectivity index (χ0) is 21.1. The molecule has 0 atom stereocenters. The fraction of sp³-hybridized carbons (Fsp3) is 0.167. The lowest BCUT2D eigenvalue weighted by molar-refractivity contribution is 0.299. The van der Waals surface area contributed by atoms with Gasteiger partial charge in [0, 0.05) is 17.1 Å². The molecule has 0 spiro atoms. The van der Waals surface area contributed by atoms with Crippen molar-refractivity contribution in [3.8, 4) is 17.1 Å². The van der Waals surface area contributed by atoms with E-state index in [-0.39, 0.29) is 5.56 Å². The van der Waals surface area contributed by atoms with E-state index in [4.69, 9.17) is 21.3 Å². The number of hydrogen-bond acceptors (Lipinski definition) is 3. The van der Waals surface area contributed by atoms with Gasteiger partial charge in [-0.05, 0) is 83.4 Å². The summed E-state index contributed by atoms with van der Waals surface area (Å²) in [5.41, 5.74) is 2.64. The Labute approximate surface area is 188 Å². The Morgan fingerprint density at radius 1 is 1.07 bits per heavy atom. The van der Waals surface area contributed by atoms with Gasteiger partial charge in [-0.25, -0.2) is 4.98 Å². The standard InChI is InChI=1S/C24H20BrClN2O2/c1-16-7-12-22(20(25)15-16)30-14-4-13-28-23(17-8-10-18(26)11-9-17)27-21-6-3-2-5-19(21)24(28)29/h2-3,5-12,15H,4,13-14H2,1H3. The highest BCUT2D eigenvalue weighted by molar-refractivity contribution is 9.10. The maximum Gasteiger partial charge on any atom is 0.261 e. The van der Waals surface area contributed by atoms with Crippen molar-refractivity contribution in [1.29, 1.82) is 0 Å². The van der Waals surface area contributed by atoms with E-state index in [0.717, 1.165) is 21.3 Å². The van der Waals surface area contributed by atoms with Crippen LogP contribution in [0.1, 0.15) is 12.0 Å². The third-order valence-corrected chi connectivity index (χ3v) is 5.71. The van der Waals surface area contributed by atoms with Gasteiger partial charge in [-0.15, -0.1) is 0 Å². The molecule has 0 aliphatic rings.